The van der Waals surface area contributed by atoms with Gasteiger partial charge in [0.25, 0.3) is 0 Å². The first-order valence-electron chi connectivity index (χ1n) is 13.2. The summed E-state index contributed by atoms with van der Waals surface area (Å²) in [6.07, 6.45) is 5.05. The molecule has 0 fully saturated rings. The number of phenolic OH excluding ortho intramolecular Hbond substituents is 1. The van der Waals surface area contributed by atoms with Gasteiger partial charge in [-0.1, -0.05) is 51.2 Å². The Balaban J connectivity index is 3.34. The van der Waals surface area contributed by atoms with Crippen molar-refractivity contribution in [1.82, 2.24) is 15.5 Å². The van der Waals surface area contributed by atoms with Gasteiger partial charge in [-0.15, -0.1) is 0 Å². The van der Waals surface area contributed by atoms with E-state index in [4.69, 9.17) is 4.74 Å². The Morgan fingerprint density at radius 1 is 0.946 bits per heavy atom. The SMILES string of the molecule is CCCCCCCCN(C(=O)C(CO)NC(=O)OC(C)(C)C)C(C(=O)NC(C)(C)C)c1ccc(O)cc1. The van der Waals surface area contributed by atoms with Crippen LogP contribution in [-0.2, 0) is 14.3 Å². The zero-order chi connectivity index (χ0) is 28.2. The first kappa shape index (κ1) is 32.2. The van der Waals surface area contributed by atoms with Crippen LogP contribution in [0.15, 0.2) is 24.3 Å². The summed E-state index contributed by atoms with van der Waals surface area (Å²) in [4.78, 5) is 41.1. The monoisotopic (exact) mass is 521 g/mol. The smallest absolute Gasteiger partial charge is 0.408 e. The molecule has 0 radical (unpaired) electrons. The Bertz CT molecular complexity index is 858. The number of unbranched alkanes of at least 4 members (excludes halogenated alkanes) is 5. The van der Waals surface area contributed by atoms with Crippen molar-refractivity contribution >= 4 is 17.9 Å². The maximum atomic E-state index is 13.8. The van der Waals surface area contributed by atoms with Gasteiger partial charge >= 0.3 is 6.09 Å². The number of aromatic hydroxyl groups is 1. The number of carbonyl (C=O) groups is 3. The van der Waals surface area contributed by atoms with Crippen LogP contribution >= 0.6 is 0 Å². The van der Waals surface area contributed by atoms with Crippen LogP contribution in [0.25, 0.3) is 0 Å². The number of ether oxygens (including phenoxy) is 1. The van der Waals surface area contributed by atoms with Crippen molar-refractivity contribution in [2.45, 2.75) is 110 Å². The molecule has 9 heteroatoms. The van der Waals surface area contributed by atoms with E-state index in [0.29, 0.717) is 12.0 Å². The van der Waals surface area contributed by atoms with Gasteiger partial charge in [0.1, 0.15) is 23.4 Å². The molecular weight excluding hydrogens is 474 g/mol. The minimum atomic E-state index is -1.29. The number of hydrogen-bond acceptors (Lipinski definition) is 6. The molecule has 3 amide bonds. The number of carbonyl (C=O) groups excluding carboxylic acids is 3. The average molecular weight is 522 g/mol. The Hall–Kier alpha value is -2.81. The topological polar surface area (TPSA) is 128 Å². The average Bonchev–Trinajstić information content (AvgIpc) is 2.77. The fourth-order valence-corrected chi connectivity index (χ4v) is 3.83. The molecule has 1 rings (SSSR count). The van der Waals surface area contributed by atoms with Crippen LogP contribution in [0.2, 0.25) is 0 Å². The van der Waals surface area contributed by atoms with Crippen molar-refractivity contribution in [3.8, 4) is 5.75 Å². The molecule has 0 aromatic heterocycles. The van der Waals surface area contributed by atoms with Gasteiger partial charge in [0, 0.05) is 12.1 Å². The highest BCUT2D eigenvalue weighted by Crippen LogP contribution is 2.26. The number of amides is 3. The lowest BCUT2D eigenvalue weighted by atomic mass is 10.00. The fourth-order valence-electron chi connectivity index (χ4n) is 3.83. The van der Waals surface area contributed by atoms with E-state index in [9.17, 15) is 24.6 Å². The summed E-state index contributed by atoms with van der Waals surface area (Å²) >= 11 is 0. The summed E-state index contributed by atoms with van der Waals surface area (Å²) in [5.41, 5.74) is -0.841. The largest absolute Gasteiger partial charge is 0.508 e. The molecule has 0 saturated carbocycles. The summed E-state index contributed by atoms with van der Waals surface area (Å²) in [6, 6.07) is 3.79. The number of alkyl carbamates (subject to hydrolysis) is 1. The number of nitrogens with one attached hydrogen (secondary N) is 2. The van der Waals surface area contributed by atoms with Gasteiger partial charge in [-0.3, -0.25) is 9.59 Å². The van der Waals surface area contributed by atoms with E-state index in [1.807, 2.05) is 20.8 Å². The van der Waals surface area contributed by atoms with E-state index >= 15 is 0 Å². The number of aliphatic hydroxyl groups excluding tert-OH is 1. The first-order chi connectivity index (χ1) is 17.2. The highest BCUT2D eigenvalue weighted by Gasteiger charge is 2.37. The predicted molar refractivity (Wildman–Crippen MR) is 144 cm³/mol. The van der Waals surface area contributed by atoms with Crippen LogP contribution in [0.3, 0.4) is 0 Å². The van der Waals surface area contributed by atoms with Gasteiger partial charge in [0.15, 0.2) is 0 Å². The van der Waals surface area contributed by atoms with E-state index in [1.165, 1.54) is 17.0 Å². The van der Waals surface area contributed by atoms with Crippen LogP contribution in [0.5, 0.6) is 5.75 Å². The standard InChI is InChI=1S/C28H47N3O6/c1-8-9-10-11-12-13-18-31(25(35)22(19-32)29-26(36)37-28(5,6)7)23(24(34)30-27(2,3)4)20-14-16-21(33)17-15-20/h14-17,22-23,32-33H,8-13,18-19H2,1-7H3,(H,29,36)(H,30,34). The van der Waals surface area contributed by atoms with E-state index < -0.39 is 47.7 Å². The number of aliphatic hydroxyl groups is 1. The van der Waals surface area contributed by atoms with Gasteiger partial charge in [0.2, 0.25) is 11.8 Å². The molecule has 0 aliphatic heterocycles. The lowest BCUT2D eigenvalue weighted by Crippen LogP contribution is -2.55. The molecule has 9 nitrogen and oxygen atoms in total. The zero-order valence-electron chi connectivity index (χ0n) is 23.6. The second-order valence-electron chi connectivity index (χ2n) is 11.4. The first-order valence-corrected chi connectivity index (χ1v) is 13.2. The van der Waals surface area contributed by atoms with Gasteiger partial charge in [-0.25, -0.2) is 4.79 Å². The Labute approximate surface area is 222 Å². The summed E-state index contributed by atoms with van der Waals surface area (Å²) in [5, 5.41) is 25.2. The van der Waals surface area contributed by atoms with Crippen molar-refractivity contribution in [2.75, 3.05) is 13.2 Å². The van der Waals surface area contributed by atoms with Gasteiger partial charge in [-0.05, 0) is 65.7 Å². The normalized spacial score (nSPS) is 13.4. The highest BCUT2D eigenvalue weighted by molar-refractivity contribution is 5.92. The Kier molecular flexibility index (Phi) is 12.9. The maximum Gasteiger partial charge on any atom is 0.408 e. The summed E-state index contributed by atoms with van der Waals surface area (Å²) in [5.74, 6) is -0.956. The van der Waals surface area contributed by atoms with Crippen molar-refractivity contribution in [2.24, 2.45) is 0 Å². The van der Waals surface area contributed by atoms with Crippen LogP contribution < -0.4 is 10.6 Å². The molecular formula is C28H47N3O6. The molecule has 0 spiro atoms. The second kappa shape index (κ2) is 14.8. The minimum absolute atomic E-state index is 0.0346. The molecule has 0 aliphatic rings. The van der Waals surface area contributed by atoms with Crippen molar-refractivity contribution in [3.05, 3.63) is 29.8 Å². The molecule has 1 aromatic rings. The van der Waals surface area contributed by atoms with Gasteiger partial charge < -0.3 is 30.5 Å². The van der Waals surface area contributed by atoms with E-state index in [2.05, 4.69) is 17.6 Å². The Morgan fingerprint density at radius 3 is 2.03 bits per heavy atom. The third-order valence-corrected chi connectivity index (χ3v) is 5.47. The molecule has 1 aromatic carbocycles. The number of hydrogen-bond donors (Lipinski definition) is 4. The third-order valence-electron chi connectivity index (χ3n) is 5.47. The molecule has 2 unspecified atom stereocenters. The molecule has 210 valence electrons. The molecule has 0 heterocycles. The molecule has 0 aliphatic carbocycles. The van der Waals surface area contributed by atoms with Crippen molar-refractivity contribution in [3.63, 3.8) is 0 Å². The fraction of sp³-hybridized carbons (Fsp3) is 0.679. The molecule has 37 heavy (non-hydrogen) atoms. The minimum Gasteiger partial charge on any atom is -0.508 e. The van der Waals surface area contributed by atoms with Crippen LogP contribution in [0.4, 0.5) is 4.79 Å². The van der Waals surface area contributed by atoms with E-state index in [-0.39, 0.29) is 12.3 Å². The predicted octanol–water partition coefficient (Wildman–Crippen LogP) is 4.42. The van der Waals surface area contributed by atoms with E-state index in [1.54, 1.807) is 32.9 Å². The van der Waals surface area contributed by atoms with E-state index in [0.717, 1.165) is 32.1 Å². The second-order valence-corrected chi connectivity index (χ2v) is 11.4. The van der Waals surface area contributed by atoms with Gasteiger partial charge in [0.05, 0.1) is 6.61 Å². The van der Waals surface area contributed by atoms with Crippen LogP contribution in [0, 0.1) is 0 Å². The quantitative estimate of drug-likeness (QED) is 0.285. The lowest BCUT2D eigenvalue weighted by Gasteiger charge is -2.35. The van der Waals surface area contributed by atoms with Gasteiger partial charge in [-0.2, -0.15) is 0 Å². The summed E-state index contributed by atoms with van der Waals surface area (Å²) in [6.45, 7) is 12.4. The molecule has 0 bridgehead atoms. The molecule has 0 saturated heterocycles. The van der Waals surface area contributed by atoms with Crippen molar-refractivity contribution < 1.29 is 29.3 Å². The molecule has 2 atom stereocenters. The number of nitrogens with zero attached hydrogens (tertiary/aromatic N) is 1. The molecule has 4 N–H and O–H groups in total. The lowest BCUT2D eigenvalue weighted by molar-refractivity contribution is -0.144. The highest BCUT2D eigenvalue weighted by atomic mass is 16.6. The Morgan fingerprint density at radius 2 is 1.51 bits per heavy atom. The zero-order valence-corrected chi connectivity index (χ0v) is 23.6. The number of benzene rings is 1. The summed E-state index contributed by atoms with van der Waals surface area (Å²) in [7, 11) is 0. The summed E-state index contributed by atoms with van der Waals surface area (Å²) < 4.78 is 5.27. The number of rotatable bonds is 13. The van der Waals surface area contributed by atoms with Crippen LogP contribution in [-0.4, -0.2) is 63.4 Å². The van der Waals surface area contributed by atoms with Crippen LogP contribution in [0.1, 0.15) is 98.6 Å². The van der Waals surface area contributed by atoms with Crippen molar-refractivity contribution in [1.29, 1.82) is 0 Å². The third kappa shape index (κ3) is 12.3. The number of phenols is 1. The maximum absolute atomic E-state index is 13.8.